The van der Waals surface area contributed by atoms with Gasteiger partial charge in [-0.3, -0.25) is 0 Å². The maximum Gasteiger partial charge on any atom is 0.229 e. The lowest BCUT2D eigenvalue weighted by Crippen LogP contribution is -2.60. The number of aliphatic hydroxyl groups is 4. The summed E-state index contributed by atoms with van der Waals surface area (Å²) in [6.45, 7) is -0.636. The molecular weight excluding hydrogens is 584 g/mol. The molecule has 11 heteroatoms. The minimum Gasteiger partial charge on any atom is -0.508 e. The van der Waals surface area contributed by atoms with Gasteiger partial charge in [0, 0.05) is 23.1 Å². The van der Waals surface area contributed by atoms with Crippen molar-refractivity contribution in [3.05, 3.63) is 95.6 Å². The summed E-state index contributed by atoms with van der Waals surface area (Å²) in [5.74, 6) is -0.299. The van der Waals surface area contributed by atoms with Gasteiger partial charge in [0.05, 0.1) is 12.5 Å². The fourth-order valence-corrected chi connectivity index (χ4v) is 6.42. The van der Waals surface area contributed by atoms with Crippen LogP contribution in [0, 0.1) is 0 Å². The summed E-state index contributed by atoms with van der Waals surface area (Å²) in [7, 11) is 0. The zero-order valence-electron chi connectivity index (χ0n) is 23.6. The summed E-state index contributed by atoms with van der Waals surface area (Å²) < 4.78 is 18.4. The van der Waals surface area contributed by atoms with Crippen molar-refractivity contribution in [1.29, 1.82) is 0 Å². The average molecular weight is 615 g/mol. The third kappa shape index (κ3) is 4.91. The van der Waals surface area contributed by atoms with Crippen LogP contribution in [0.5, 0.6) is 34.5 Å². The highest BCUT2D eigenvalue weighted by Crippen LogP contribution is 2.56. The van der Waals surface area contributed by atoms with E-state index in [1.54, 1.807) is 36.4 Å². The molecular formula is C34H30O11. The quantitative estimate of drug-likeness (QED) is 0.136. The normalized spacial score (nSPS) is 26.1. The van der Waals surface area contributed by atoms with Gasteiger partial charge in [0.1, 0.15) is 65.0 Å². The largest absolute Gasteiger partial charge is 0.508 e. The number of rotatable bonds is 5. The van der Waals surface area contributed by atoms with E-state index in [4.69, 9.17) is 14.2 Å². The lowest BCUT2D eigenvalue weighted by molar-refractivity contribution is -0.277. The first kappa shape index (κ1) is 29.0. The summed E-state index contributed by atoms with van der Waals surface area (Å²) >= 11 is 0. The van der Waals surface area contributed by atoms with E-state index in [0.29, 0.717) is 38.6 Å². The molecule has 5 aromatic rings. The highest BCUT2D eigenvalue weighted by molar-refractivity contribution is 6.13. The molecule has 232 valence electrons. The summed E-state index contributed by atoms with van der Waals surface area (Å²) in [4.78, 5) is 0. The van der Waals surface area contributed by atoms with Gasteiger partial charge in [-0.05, 0) is 63.7 Å². The van der Waals surface area contributed by atoms with Crippen molar-refractivity contribution < 1.29 is 55.1 Å². The maximum absolute atomic E-state index is 10.8. The standard InChI is InChI=1S/C34H30O11/c35-14-26-30(40)31(41)32(42)34(45-26)44-24-13-25-29(22-8-4-15-1-7-19(37)12-23(15)28(22)24)27(17-9-20(38)11-21(39)10-17)33(43-25)16-2-5-18(36)6-3-16/h1-13,26-27,30-42H,14H2/t26-,27-,30-,31+,32-,33+,34-/m1/s1. The van der Waals surface area contributed by atoms with Crippen molar-refractivity contribution in [3.63, 3.8) is 0 Å². The second-order valence-electron chi connectivity index (χ2n) is 11.4. The van der Waals surface area contributed by atoms with Crippen LogP contribution in [0.2, 0.25) is 0 Å². The Hall–Kier alpha value is -4.78. The van der Waals surface area contributed by atoms with Gasteiger partial charge in [-0.2, -0.15) is 0 Å². The Kier molecular flexibility index (Phi) is 7.07. The van der Waals surface area contributed by atoms with E-state index < -0.39 is 49.3 Å². The molecule has 0 spiro atoms. The van der Waals surface area contributed by atoms with E-state index in [0.717, 1.165) is 5.39 Å². The molecule has 8 N–H and O–H groups in total. The van der Waals surface area contributed by atoms with Crippen LogP contribution in [-0.4, -0.2) is 78.2 Å². The summed E-state index contributed by atoms with van der Waals surface area (Å²) in [6, 6.07) is 20.9. The number of benzene rings is 5. The first-order valence-electron chi connectivity index (χ1n) is 14.3. The molecule has 2 aliphatic rings. The molecule has 0 saturated carbocycles. The van der Waals surface area contributed by atoms with Gasteiger partial charge in [-0.25, -0.2) is 0 Å². The highest BCUT2D eigenvalue weighted by Gasteiger charge is 2.46. The Bertz CT molecular complexity index is 1890. The number of hydrogen-bond donors (Lipinski definition) is 8. The van der Waals surface area contributed by atoms with E-state index in [-0.39, 0.29) is 28.7 Å². The van der Waals surface area contributed by atoms with Gasteiger partial charge in [0.25, 0.3) is 0 Å². The molecule has 1 fully saturated rings. The topological polar surface area (TPSA) is 190 Å². The number of phenolic OH excluding ortho intramolecular Hbond substituents is 4. The Balaban J connectivity index is 1.47. The molecule has 7 atom stereocenters. The monoisotopic (exact) mass is 614 g/mol. The Morgan fingerprint density at radius 3 is 2.04 bits per heavy atom. The van der Waals surface area contributed by atoms with Crippen LogP contribution in [-0.2, 0) is 4.74 Å². The predicted octanol–water partition coefficient (Wildman–Crippen LogP) is 3.26. The fourth-order valence-electron chi connectivity index (χ4n) is 6.42. The fraction of sp³-hybridized carbons (Fsp3) is 0.235. The number of aliphatic hydroxyl groups excluding tert-OH is 4. The zero-order chi connectivity index (χ0) is 31.6. The number of hydrogen-bond acceptors (Lipinski definition) is 11. The second-order valence-corrected chi connectivity index (χ2v) is 11.4. The number of phenols is 4. The molecule has 0 radical (unpaired) electrons. The molecule has 1 saturated heterocycles. The maximum atomic E-state index is 10.8. The van der Waals surface area contributed by atoms with Gasteiger partial charge < -0.3 is 55.1 Å². The molecule has 11 nitrogen and oxygen atoms in total. The zero-order valence-corrected chi connectivity index (χ0v) is 23.6. The first-order valence-corrected chi connectivity index (χ1v) is 14.3. The molecule has 0 aliphatic carbocycles. The minimum atomic E-state index is -1.68. The van der Waals surface area contributed by atoms with Crippen molar-refractivity contribution in [3.8, 4) is 34.5 Å². The van der Waals surface area contributed by atoms with E-state index in [2.05, 4.69) is 0 Å². The lowest BCUT2D eigenvalue weighted by atomic mass is 9.82. The molecule has 7 rings (SSSR count). The molecule has 45 heavy (non-hydrogen) atoms. The van der Waals surface area contributed by atoms with Gasteiger partial charge in [-0.15, -0.1) is 0 Å². The Labute approximate surface area is 256 Å². The summed E-state index contributed by atoms with van der Waals surface area (Å²) in [5, 5.41) is 85.0. The van der Waals surface area contributed by atoms with Gasteiger partial charge in [0.2, 0.25) is 6.29 Å². The van der Waals surface area contributed by atoms with Crippen molar-refractivity contribution >= 4 is 21.5 Å². The third-order valence-electron chi connectivity index (χ3n) is 8.53. The van der Waals surface area contributed by atoms with Crippen LogP contribution >= 0.6 is 0 Å². The van der Waals surface area contributed by atoms with Crippen LogP contribution in [0.1, 0.15) is 28.7 Å². The van der Waals surface area contributed by atoms with E-state index in [1.807, 2.05) is 12.1 Å². The summed E-state index contributed by atoms with van der Waals surface area (Å²) in [5.41, 5.74) is 1.92. The SMILES string of the molecule is OC[C@H]1O[C@@H](Oc2cc3c(c4ccc5ccc(O)cc5c24)[C@@H](c2cc(O)cc(O)c2)[C@H](c2ccc(O)cc2)O3)[C@H](O)[C@@H](O)[C@@H]1O. The van der Waals surface area contributed by atoms with Crippen LogP contribution in [0.3, 0.4) is 0 Å². The molecule has 0 aromatic heterocycles. The molecule has 0 amide bonds. The Morgan fingerprint density at radius 1 is 0.644 bits per heavy atom. The highest BCUT2D eigenvalue weighted by atomic mass is 16.7. The molecule has 0 unspecified atom stereocenters. The number of aromatic hydroxyl groups is 4. The predicted molar refractivity (Wildman–Crippen MR) is 161 cm³/mol. The van der Waals surface area contributed by atoms with Crippen molar-refractivity contribution in [1.82, 2.24) is 0 Å². The number of fused-ring (bicyclic) bond motifs is 5. The van der Waals surface area contributed by atoms with Gasteiger partial charge in [0.15, 0.2) is 0 Å². The van der Waals surface area contributed by atoms with Gasteiger partial charge >= 0.3 is 0 Å². The molecule has 0 bridgehead atoms. The minimum absolute atomic E-state index is 0.0121. The van der Waals surface area contributed by atoms with Crippen LogP contribution in [0.4, 0.5) is 0 Å². The van der Waals surface area contributed by atoms with E-state index >= 15 is 0 Å². The molecule has 2 aliphatic heterocycles. The first-order chi connectivity index (χ1) is 21.6. The van der Waals surface area contributed by atoms with Crippen LogP contribution in [0.15, 0.2) is 78.9 Å². The lowest BCUT2D eigenvalue weighted by Gasteiger charge is -2.39. The summed E-state index contributed by atoms with van der Waals surface area (Å²) in [6.07, 6.45) is -8.31. The second kappa shape index (κ2) is 11.0. The van der Waals surface area contributed by atoms with Crippen molar-refractivity contribution in [2.75, 3.05) is 6.61 Å². The average Bonchev–Trinajstić information content (AvgIpc) is 3.40. The van der Waals surface area contributed by atoms with E-state index in [1.165, 1.54) is 30.3 Å². The number of ether oxygens (including phenoxy) is 3. The van der Waals surface area contributed by atoms with Gasteiger partial charge in [-0.1, -0.05) is 30.3 Å². The third-order valence-corrected chi connectivity index (χ3v) is 8.53. The van der Waals surface area contributed by atoms with Crippen molar-refractivity contribution in [2.24, 2.45) is 0 Å². The molecule has 2 heterocycles. The van der Waals surface area contributed by atoms with Crippen molar-refractivity contribution in [2.45, 2.75) is 42.7 Å². The Morgan fingerprint density at radius 2 is 1.33 bits per heavy atom. The van der Waals surface area contributed by atoms with Crippen LogP contribution < -0.4 is 9.47 Å². The van der Waals surface area contributed by atoms with Crippen LogP contribution in [0.25, 0.3) is 21.5 Å². The van der Waals surface area contributed by atoms with E-state index in [9.17, 15) is 40.9 Å². The smallest absolute Gasteiger partial charge is 0.229 e. The molecule has 5 aromatic carbocycles.